The van der Waals surface area contributed by atoms with Gasteiger partial charge in [-0.05, 0) is 36.8 Å². The summed E-state index contributed by atoms with van der Waals surface area (Å²) >= 11 is 5.62. The highest BCUT2D eigenvalue weighted by atomic mass is 35.5. The molecule has 1 aromatic carbocycles. The van der Waals surface area contributed by atoms with E-state index in [1.165, 1.54) is 18.2 Å². The van der Waals surface area contributed by atoms with Crippen LogP contribution in [0.25, 0.3) is 0 Å². The Kier molecular flexibility index (Phi) is 4.54. The molecule has 0 spiro atoms. The highest BCUT2D eigenvalue weighted by molar-refractivity contribution is 6.30. The van der Waals surface area contributed by atoms with Crippen LogP contribution in [0.15, 0.2) is 35.0 Å². The smallest absolute Gasteiger partial charge is 0.170 e. The number of ketones is 2. The van der Waals surface area contributed by atoms with Crippen LogP contribution in [0.2, 0.25) is 5.02 Å². The van der Waals surface area contributed by atoms with Gasteiger partial charge in [0.15, 0.2) is 5.78 Å². The molecule has 0 amide bonds. The van der Waals surface area contributed by atoms with Crippen molar-refractivity contribution in [3.05, 3.63) is 47.1 Å². The van der Waals surface area contributed by atoms with Gasteiger partial charge >= 0.3 is 0 Å². The lowest BCUT2D eigenvalue weighted by Gasteiger charge is -2.70. The zero-order valence-electron chi connectivity index (χ0n) is 14.7. The van der Waals surface area contributed by atoms with Gasteiger partial charge in [-0.3, -0.25) is 9.59 Å². The summed E-state index contributed by atoms with van der Waals surface area (Å²) in [6.07, 6.45) is 5.31. The fourth-order valence-electron chi connectivity index (χ4n) is 4.55. The van der Waals surface area contributed by atoms with E-state index in [9.17, 15) is 14.0 Å². The largest absolute Gasteiger partial charge is 0.486 e. The molecular formula is C20H19ClFNO4. The normalized spacial score (nSPS) is 25.4. The van der Waals surface area contributed by atoms with Crippen LogP contribution in [0.3, 0.4) is 0 Å². The minimum Gasteiger partial charge on any atom is -0.486 e. The Morgan fingerprint density at radius 1 is 1.26 bits per heavy atom. The molecule has 2 bridgehead atoms. The van der Waals surface area contributed by atoms with Gasteiger partial charge in [0.2, 0.25) is 0 Å². The molecule has 5 rings (SSSR count). The summed E-state index contributed by atoms with van der Waals surface area (Å²) in [5, 5.41) is 3.65. The van der Waals surface area contributed by atoms with Crippen LogP contribution in [0.5, 0.6) is 5.75 Å². The molecule has 3 saturated carbocycles. The first-order valence-corrected chi connectivity index (χ1v) is 9.30. The fraction of sp³-hybridized carbons (Fsp3) is 0.450. The maximum Gasteiger partial charge on any atom is 0.170 e. The highest BCUT2D eigenvalue weighted by Gasteiger charge is 2.70. The van der Waals surface area contributed by atoms with Crippen LogP contribution < -0.4 is 4.74 Å². The minimum atomic E-state index is -0.577. The van der Waals surface area contributed by atoms with Crippen LogP contribution >= 0.6 is 11.6 Å². The molecular weight excluding hydrogens is 373 g/mol. The maximum absolute atomic E-state index is 13.4. The Balaban J connectivity index is 1.21. The number of aryl methyl sites for hydroxylation is 1. The third-order valence-corrected chi connectivity index (χ3v) is 5.99. The van der Waals surface area contributed by atoms with Crippen LogP contribution in [-0.4, -0.2) is 23.3 Å². The summed E-state index contributed by atoms with van der Waals surface area (Å²) in [6.45, 7) is -0.102. The van der Waals surface area contributed by atoms with Gasteiger partial charge in [0.1, 0.15) is 29.7 Å². The molecule has 1 heterocycles. The van der Waals surface area contributed by atoms with Crippen molar-refractivity contribution in [3.8, 4) is 5.75 Å². The first-order valence-electron chi connectivity index (χ1n) is 8.92. The van der Waals surface area contributed by atoms with E-state index in [0.29, 0.717) is 19.3 Å². The van der Waals surface area contributed by atoms with Crippen LogP contribution in [-0.2, 0) is 16.0 Å². The van der Waals surface area contributed by atoms with E-state index in [0.717, 1.165) is 25.0 Å². The van der Waals surface area contributed by atoms with Gasteiger partial charge in [-0.1, -0.05) is 16.8 Å². The molecule has 3 aliphatic carbocycles. The molecule has 3 fully saturated rings. The number of hydrogen-bond donors (Lipinski definition) is 0. The molecule has 0 aliphatic heterocycles. The van der Waals surface area contributed by atoms with Gasteiger partial charge < -0.3 is 9.26 Å². The molecule has 0 N–H and O–H groups in total. The van der Waals surface area contributed by atoms with E-state index in [1.54, 1.807) is 12.3 Å². The quantitative estimate of drug-likeness (QED) is 0.641. The van der Waals surface area contributed by atoms with Crippen molar-refractivity contribution in [2.45, 2.75) is 38.5 Å². The molecule has 7 heteroatoms. The Hall–Kier alpha value is -2.21. The zero-order chi connectivity index (χ0) is 19.1. The number of carbonyl (C=O) groups excluding carboxylic acids is 2. The van der Waals surface area contributed by atoms with Crippen LogP contribution in [0, 0.1) is 16.6 Å². The Labute approximate surface area is 160 Å². The van der Waals surface area contributed by atoms with Gasteiger partial charge in [0.05, 0.1) is 11.2 Å². The van der Waals surface area contributed by atoms with E-state index < -0.39 is 5.82 Å². The summed E-state index contributed by atoms with van der Waals surface area (Å²) in [5.74, 6) is 0.637. The van der Waals surface area contributed by atoms with Crippen LogP contribution in [0.1, 0.15) is 37.9 Å². The topological polar surface area (TPSA) is 69.4 Å². The SMILES string of the molecule is O=C(COc1ccc(Cl)c(F)c1)CC12CC(C(=O)CCc3ccno3)(C1)C2. The van der Waals surface area contributed by atoms with Gasteiger partial charge in [0, 0.05) is 36.8 Å². The predicted molar refractivity (Wildman–Crippen MR) is 95.1 cm³/mol. The maximum atomic E-state index is 13.4. The predicted octanol–water partition coefficient (Wildman–Crippen LogP) is 4.18. The molecule has 0 atom stereocenters. The van der Waals surface area contributed by atoms with E-state index in [4.69, 9.17) is 20.9 Å². The average Bonchev–Trinajstić information content (AvgIpc) is 3.09. The Bertz CT molecular complexity index is 860. The van der Waals surface area contributed by atoms with Crippen molar-refractivity contribution in [1.29, 1.82) is 0 Å². The second-order valence-electron chi connectivity index (χ2n) is 7.79. The van der Waals surface area contributed by atoms with Crippen molar-refractivity contribution in [3.63, 3.8) is 0 Å². The standard InChI is InChI=1S/C20H19ClFNO4/c21-16-3-1-15(7-17(16)22)26-9-13(24)8-19-10-20(11-19,12-19)18(25)4-2-14-5-6-23-27-14/h1,3,5-7H,2,4,8-12H2. The molecule has 5 nitrogen and oxygen atoms in total. The molecule has 3 aliphatic rings. The third kappa shape index (κ3) is 3.50. The fourth-order valence-corrected chi connectivity index (χ4v) is 4.67. The van der Waals surface area contributed by atoms with Gasteiger partial charge in [-0.15, -0.1) is 0 Å². The number of halogens is 2. The third-order valence-electron chi connectivity index (χ3n) is 5.68. The monoisotopic (exact) mass is 391 g/mol. The summed E-state index contributed by atoms with van der Waals surface area (Å²) in [7, 11) is 0. The first-order chi connectivity index (χ1) is 12.9. The van der Waals surface area contributed by atoms with Crippen molar-refractivity contribution >= 4 is 23.2 Å². The van der Waals surface area contributed by atoms with Gasteiger partial charge in [-0.25, -0.2) is 4.39 Å². The summed E-state index contributed by atoms with van der Waals surface area (Å²) < 4.78 is 23.8. The number of benzene rings is 1. The van der Waals surface area contributed by atoms with Crippen molar-refractivity contribution < 1.29 is 23.2 Å². The lowest BCUT2D eigenvalue weighted by Crippen LogP contribution is -2.65. The molecule has 1 aromatic heterocycles. The molecule has 0 saturated heterocycles. The molecule has 27 heavy (non-hydrogen) atoms. The number of Topliss-reactive ketones (excluding diaryl/α,β-unsaturated/α-hetero) is 2. The first kappa shape index (κ1) is 18.2. The van der Waals surface area contributed by atoms with Gasteiger partial charge in [-0.2, -0.15) is 0 Å². The molecule has 2 aromatic rings. The average molecular weight is 392 g/mol. The zero-order valence-corrected chi connectivity index (χ0v) is 15.4. The minimum absolute atomic E-state index is 0.0146. The molecule has 142 valence electrons. The second kappa shape index (κ2) is 6.75. The van der Waals surface area contributed by atoms with E-state index in [1.807, 2.05) is 0 Å². The van der Waals surface area contributed by atoms with E-state index in [2.05, 4.69) is 5.16 Å². The summed E-state index contributed by atoms with van der Waals surface area (Å²) in [5.41, 5.74) is -0.284. The van der Waals surface area contributed by atoms with E-state index in [-0.39, 0.29) is 39.8 Å². The second-order valence-corrected chi connectivity index (χ2v) is 8.20. The highest BCUT2D eigenvalue weighted by Crippen LogP contribution is 2.75. The summed E-state index contributed by atoms with van der Waals surface area (Å²) in [4.78, 5) is 24.7. The number of carbonyl (C=O) groups is 2. The Morgan fingerprint density at radius 3 is 2.70 bits per heavy atom. The van der Waals surface area contributed by atoms with Gasteiger partial charge in [0.25, 0.3) is 0 Å². The number of aromatic nitrogens is 1. The van der Waals surface area contributed by atoms with Crippen molar-refractivity contribution in [1.82, 2.24) is 5.16 Å². The number of rotatable bonds is 9. The van der Waals surface area contributed by atoms with Crippen molar-refractivity contribution in [2.75, 3.05) is 6.61 Å². The van der Waals surface area contributed by atoms with E-state index >= 15 is 0 Å². The Morgan fingerprint density at radius 2 is 2.04 bits per heavy atom. The number of ether oxygens (including phenoxy) is 1. The lowest BCUT2D eigenvalue weighted by atomic mass is 9.33. The molecule has 0 unspecified atom stereocenters. The summed E-state index contributed by atoms with van der Waals surface area (Å²) in [6, 6.07) is 5.86. The van der Waals surface area contributed by atoms with Crippen LogP contribution in [0.4, 0.5) is 4.39 Å². The lowest BCUT2D eigenvalue weighted by molar-refractivity contribution is -0.208. The van der Waals surface area contributed by atoms with Crippen molar-refractivity contribution in [2.24, 2.45) is 10.8 Å². The molecule has 0 radical (unpaired) electrons. The number of nitrogens with zero attached hydrogens (tertiary/aromatic N) is 1. The number of hydrogen-bond acceptors (Lipinski definition) is 5.